The van der Waals surface area contributed by atoms with E-state index in [0.29, 0.717) is 17.9 Å². The van der Waals surface area contributed by atoms with Crippen molar-refractivity contribution < 1.29 is 9.53 Å². The quantitative estimate of drug-likeness (QED) is 0.680. The number of hydrogen-bond donors (Lipinski definition) is 1. The molecule has 2 aromatic rings. The summed E-state index contributed by atoms with van der Waals surface area (Å²) in [7, 11) is 0. The Morgan fingerprint density at radius 2 is 2.22 bits per heavy atom. The SMILES string of the molecule is Cc1cc(N)ccc1C(=O)OCCc1ccsc1. The molecule has 0 saturated carbocycles. The predicted octanol–water partition coefficient (Wildman–Crippen LogP) is 3.04. The number of nitrogen functional groups attached to an aromatic ring is 1. The third kappa shape index (κ3) is 3.11. The van der Waals surface area contributed by atoms with Crippen LogP contribution < -0.4 is 5.73 Å². The normalized spacial score (nSPS) is 10.3. The molecule has 1 aromatic carbocycles. The van der Waals surface area contributed by atoms with Crippen molar-refractivity contribution in [2.45, 2.75) is 13.3 Å². The highest BCUT2D eigenvalue weighted by Crippen LogP contribution is 2.14. The first-order valence-corrected chi connectivity index (χ1v) is 6.65. The molecule has 0 atom stereocenters. The number of hydrogen-bond acceptors (Lipinski definition) is 4. The van der Waals surface area contributed by atoms with Gasteiger partial charge in [-0.05, 0) is 53.1 Å². The van der Waals surface area contributed by atoms with Crippen LogP contribution in [0.15, 0.2) is 35.0 Å². The van der Waals surface area contributed by atoms with Gasteiger partial charge in [-0.3, -0.25) is 0 Å². The van der Waals surface area contributed by atoms with Crippen molar-refractivity contribution in [2.75, 3.05) is 12.3 Å². The van der Waals surface area contributed by atoms with E-state index in [-0.39, 0.29) is 5.97 Å². The van der Waals surface area contributed by atoms with Gasteiger partial charge in [-0.2, -0.15) is 11.3 Å². The number of thiophene rings is 1. The molecule has 94 valence electrons. The molecule has 0 aliphatic carbocycles. The Morgan fingerprint density at radius 3 is 2.89 bits per heavy atom. The van der Waals surface area contributed by atoms with Crippen molar-refractivity contribution in [2.24, 2.45) is 0 Å². The van der Waals surface area contributed by atoms with Crippen LogP contribution in [0.2, 0.25) is 0 Å². The van der Waals surface area contributed by atoms with Crippen LogP contribution >= 0.6 is 11.3 Å². The van der Waals surface area contributed by atoms with Crippen molar-refractivity contribution in [3.8, 4) is 0 Å². The molecule has 2 N–H and O–H groups in total. The van der Waals surface area contributed by atoms with Crippen molar-refractivity contribution >= 4 is 23.0 Å². The molecule has 18 heavy (non-hydrogen) atoms. The third-order valence-electron chi connectivity index (χ3n) is 2.67. The number of benzene rings is 1. The molecule has 0 aliphatic rings. The van der Waals surface area contributed by atoms with Gasteiger partial charge in [-0.25, -0.2) is 4.79 Å². The Labute approximate surface area is 110 Å². The van der Waals surface area contributed by atoms with Crippen LogP contribution in [-0.4, -0.2) is 12.6 Å². The maximum absolute atomic E-state index is 11.8. The average molecular weight is 261 g/mol. The first kappa shape index (κ1) is 12.6. The number of anilines is 1. The molecule has 0 bridgehead atoms. The number of carbonyl (C=O) groups excluding carboxylic acids is 1. The van der Waals surface area contributed by atoms with Crippen molar-refractivity contribution in [3.63, 3.8) is 0 Å². The highest BCUT2D eigenvalue weighted by molar-refractivity contribution is 7.07. The maximum atomic E-state index is 11.8. The van der Waals surface area contributed by atoms with Gasteiger partial charge in [0, 0.05) is 12.1 Å². The van der Waals surface area contributed by atoms with Gasteiger partial charge in [-0.15, -0.1) is 0 Å². The van der Waals surface area contributed by atoms with Gasteiger partial charge in [0.2, 0.25) is 0 Å². The van der Waals surface area contributed by atoms with E-state index >= 15 is 0 Å². The summed E-state index contributed by atoms with van der Waals surface area (Å²) in [5.41, 5.74) is 8.91. The average Bonchev–Trinajstić information content (AvgIpc) is 2.81. The molecule has 0 radical (unpaired) electrons. The monoisotopic (exact) mass is 261 g/mol. The third-order valence-corrected chi connectivity index (χ3v) is 3.41. The molecule has 0 aliphatic heterocycles. The van der Waals surface area contributed by atoms with Crippen LogP contribution in [0.4, 0.5) is 5.69 Å². The highest BCUT2D eigenvalue weighted by atomic mass is 32.1. The van der Waals surface area contributed by atoms with Crippen LogP contribution in [0.5, 0.6) is 0 Å². The number of rotatable bonds is 4. The predicted molar refractivity (Wildman–Crippen MR) is 73.9 cm³/mol. The van der Waals surface area contributed by atoms with Crippen molar-refractivity contribution in [3.05, 3.63) is 51.7 Å². The van der Waals surface area contributed by atoms with E-state index in [1.54, 1.807) is 29.5 Å². The molecule has 0 unspecified atom stereocenters. The lowest BCUT2D eigenvalue weighted by molar-refractivity contribution is 0.0508. The number of carbonyl (C=O) groups is 1. The maximum Gasteiger partial charge on any atom is 0.338 e. The number of aryl methyl sites for hydroxylation is 1. The minimum atomic E-state index is -0.289. The molecule has 0 fully saturated rings. The Bertz CT molecular complexity index is 535. The molecular formula is C14H15NO2S. The van der Waals surface area contributed by atoms with Crippen LogP contribution in [0, 0.1) is 6.92 Å². The van der Waals surface area contributed by atoms with Crippen LogP contribution in [0.3, 0.4) is 0 Å². The van der Waals surface area contributed by atoms with Crippen LogP contribution in [0.25, 0.3) is 0 Å². The second-order valence-electron chi connectivity index (χ2n) is 4.09. The van der Waals surface area contributed by atoms with E-state index in [1.807, 2.05) is 18.4 Å². The van der Waals surface area contributed by atoms with E-state index in [0.717, 1.165) is 12.0 Å². The summed E-state index contributed by atoms with van der Waals surface area (Å²) >= 11 is 1.64. The van der Waals surface area contributed by atoms with Crippen molar-refractivity contribution in [1.29, 1.82) is 0 Å². The van der Waals surface area contributed by atoms with E-state index in [2.05, 4.69) is 5.38 Å². The first-order valence-electron chi connectivity index (χ1n) is 5.71. The highest BCUT2D eigenvalue weighted by Gasteiger charge is 2.10. The number of nitrogens with two attached hydrogens (primary N) is 1. The zero-order valence-electron chi connectivity index (χ0n) is 10.2. The van der Waals surface area contributed by atoms with E-state index < -0.39 is 0 Å². The fourth-order valence-electron chi connectivity index (χ4n) is 1.69. The lowest BCUT2D eigenvalue weighted by Gasteiger charge is -2.07. The topological polar surface area (TPSA) is 52.3 Å². The summed E-state index contributed by atoms with van der Waals surface area (Å²) < 4.78 is 5.25. The fourth-order valence-corrected chi connectivity index (χ4v) is 2.39. The molecule has 3 nitrogen and oxygen atoms in total. The molecule has 0 amide bonds. The summed E-state index contributed by atoms with van der Waals surface area (Å²) in [6.45, 7) is 2.26. The summed E-state index contributed by atoms with van der Waals surface area (Å²) in [6, 6.07) is 7.22. The van der Waals surface area contributed by atoms with E-state index in [1.165, 1.54) is 5.56 Å². The summed E-state index contributed by atoms with van der Waals surface area (Å²) in [5, 5.41) is 4.07. The van der Waals surface area contributed by atoms with Gasteiger partial charge in [-0.1, -0.05) is 0 Å². The first-order chi connectivity index (χ1) is 8.66. The molecule has 0 saturated heterocycles. The molecular weight excluding hydrogens is 246 g/mol. The van der Waals surface area contributed by atoms with Gasteiger partial charge in [0.25, 0.3) is 0 Å². The Hall–Kier alpha value is -1.81. The Kier molecular flexibility index (Phi) is 3.99. The molecule has 4 heteroatoms. The lowest BCUT2D eigenvalue weighted by Crippen LogP contribution is -2.09. The van der Waals surface area contributed by atoms with Gasteiger partial charge < -0.3 is 10.5 Å². The minimum Gasteiger partial charge on any atom is -0.462 e. The smallest absolute Gasteiger partial charge is 0.338 e. The van der Waals surface area contributed by atoms with Crippen LogP contribution in [-0.2, 0) is 11.2 Å². The van der Waals surface area contributed by atoms with E-state index in [4.69, 9.17) is 10.5 Å². The largest absolute Gasteiger partial charge is 0.462 e. The number of esters is 1. The van der Waals surface area contributed by atoms with Gasteiger partial charge in [0.15, 0.2) is 0 Å². The second kappa shape index (κ2) is 5.69. The van der Waals surface area contributed by atoms with Gasteiger partial charge in [0.1, 0.15) is 0 Å². The zero-order chi connectivity index (χ0) is 13.0. The lowest BCUT2D eigenvalue weighted by atomic mass is 10.1. The van der Waals surface area contributed by atoms with Gasteiger partial charge >= 0.3 is 5.97 Å². The van der Waals surface area contributed by atoms with Crippen molar-refractivity contribution in [1.82, 2.24) is 0 Å². The molecule has 2 rings (SSSR count). The molecule has 1 aromatic heterocycles. The summed E-state index contributed by atoms with van der Waals surface area (Å²) in [5.74, 6) is -0.289. The van der Waals surface area contributed by atoms with Gasteiger partial charge in [0.05, 0.1) is 12.2 Å². The molecule has 0 spiro atoms. The second-order valence-corrected chi connectivity index (χ2v) is 4.87. The standard InChI is InChI=1S/C14H15NO2S/c1-10-8-12(15)2-3-13(10)14(16)17-6-4-11-5-7-18-9-11/h2-3,5,7-9H,4,6,15H2,1H3. The fraction of sp³-hybridized carbons (Fsp3) is 0.214. The van der Waals surface area contributed by atoms with Crippen LogP contribution in [0.1, 0.15) is 21.5 Å². The molecule has 1 heterocycles. The van der Waals surface area contributed by atoms with E-state index in [9.17, 15) is 4.79 Å². The number of ether oxygens (including phenoxy) is 1. The minimum absolute atomic E-state index is 0.289. The Morgan fingerprint density at radius 1 is 1.39 bits per heavy atom. The summed E-state index contributed by atoms with van der Waals surface area (Å²) in [4.78, 5) is 11.8. The summed E-state index contributed by atoms with van der Waals surface area (Å²) in [6.07, 6.45) is 0.753. The zero-order valence-corrected chi connectivity index (χ0v) is 11.0. The Balaban J connectivity index is 1.91.